The number of thiophene rings is 1. The standard InChI is InChI=1S/C13H22N2S/c1-4-12-5-6-13(16-12)10(2)14-11-7-8-15(3)9-11/h5-6,10-11,14H,4,7-9H2,1-3H3. The smallest absolute Gasteiger partial charge is 0.0388 e. The summed E-state index contributed by atoms with van der Waals surface area (Å²) in [6, 6.07) is 5.72. The molecule has 0 bridgehead atoms. The summed E-state index contributed by atoms with van der Waals surface area (Å²) >= 11 is 1.95. The van der Waals surface area contributed by atoms with Crippen molar-refractivity contribution in [1.82, 2.24) is 10.2 Å². The molecule has 2 rings (SSSR count). The molecule has 0 amide bonds. The van der Waals surface area contributed by atoms with Gasteiger partial charge in [0.15, 0.2) is 0 Å². The predicted octanol–water partition coefficient (Wildman–Crippen LogP) is 2.67. The van der Waals surface area contributed by atoms with Crippen LogP contribution in [0.5, 0.6) is 0 Å². The Bertz CT molecular complexity index is 334. The fraction of sp³-hybridized carbons (Fsp3) is 0.692. The van der Waals surface area contributed by atoms with E-state index in [0.29, 0.717) is 12.1 Å². The summed E-state index contributed by atoms with van der Waals surface area (Å²) in [5.74, 6) is 0. The molecule has 1 fully saturated rings. The average Bonchev–Trinajstić information content (AvgIpc) is 2.87. The summed E-state index contributed by atoms with van der Waals surface area (Å²) in [5, 5.41) is 3.73. The molecule has 1 aromatic rings. The summed E-state index contributed by atoms with van der Waals surface area (Å²) in [5.41, 5.74) is 0. The first-order valence-electron chi connectivity index (χ1n) is 6.22. The van der Waals surface area contributed by atoms with Crippen molar-refractivity contribution in [1.29, 1.82) is 0 Å². The Morgan fingerprint density at radius 1 is 1.56 bits per heavy atom. The summed E-state index contributed by atoms with van der Waals surface area (Å²) in [6.45, 7) is 6.93. The maximum atomic E-state index is 3.73. The van der Waals surface area contributed by atoms with E-state index in [-0.39, 0.29) is 0 Å². The number of rotatable bonds is 4. The van der Waals surface area contributed by atoms with Crippen LogP contribution in [-0.2, 0) is 6.42 Å². The Morgan fingerprint density at radius 3 is 2.94 bits per heavy atom. The van der Waals surface area contributed by atoms with E-state index in [9.17, 15) is 0 Å². The Kier molecular flexibility index (Phi) is 4.00. The van der Waals surface area contributed by atoms with Crippen molar-refractivity contribution in [2.45, 2.75) is 38.8 Å². The van der Waals surface area contributed by atoms with Crippen LogP contribution < -0.4 is 5.32 Å². The van der Waals surface area contributed by atoms with Crippen molar-refractivity contribution in [3.05, 3.63) is 21.9 Å². The number of nitrogens with one attached hydrogen (secondary N) is 1. The van der Waals surface area contributed by atoms with Crippen LogP contribution in [0.4, 0.5) is 0 Å². The van der Waals surface area contributed by atoms with Crippen molar-refractivity contribution < 1.29 is 0 Å². The molecule has 3 heteroatoms. The SMILES string of the molecule is CCc1ccc(C(C)NC2CCN(C)C2)s1. The minimum absolute atomic E-state index is 0.502. The summed E-state index contributed by atoms with van der Waals surface area (Å²) in [6.07, 6.45) is 2.44. The second-order valence-electron chi connectivity index (χ2n) is 4.79. The highest BCUT2D eigenvalue weighted by Gasteiger charge is 2.21. The van der Waals surface area contributed by atoms with Crippen LogP contribution in [0, 0.1) is 0 Å². The van der Waals surface area contributed by atoms with Crippen molar-refractivity contribution in [3.8, 4) is 0 Å². The van der Waals surface area contributed by atoms with Gasteiger partial charge in [-0.3, -0.25) is 0 Å². The molecule has 2 atom stereocenters. The fourth-order valence-electron chi connectivity index (χ4n) is 2.32. The average molecular weight is 238 g/mol. The molecule has 2 nitrogen and oxygen atoms in total. The highest BCUT2D eigenvalue weighted by Crippen LogP contribution is 2.24. The van der Waals surface area contributed by atoms with Gasteiger partial charge in [-0.25, -0.2) is 0 Å². The van der Waals surface area contributed by atoms with Gasteiger partial charge in [-0.1, -0.05) is 6.92 Å². The van der Waals surface area contributed by atoms with Gasteiger partial charge in [-0.15, -0.1) is 11.3 Å². The van der Waals surface area contributed by atoms with E-state index in [1.54, 1.807) is 0 Å². The number of hydrogen-bond acceptors (Lipinski definition) is 3. The molecule has 2 heterocycles. The highest BCUT2D eigenvalue weighted by molar-refractivity contribution is 7.12. The molecule has 1 aliphatic rings. The molecule has 0 aromatic carbocycles. The molecular formula is C13H22N2S. The van der Waals surface area contributed by atoms with Gasteiger partial charge in [0.05, 0.1) is 0 Å². The largest absolute Gasteiger partial charge is 0.305 e. The number of nitrogens with zero attached hydrogens (tertiary/aromatic N) is 1. The first kappa shape index (κ1) is 12.1. The second kappa shape index (κ2) is 5.30. The third-order valence-corrected chi connectivity index (χ3v) is 4.75. The molecule has 1 saturated heterocycles. The molecule has 0 radical (unpaired) electrons. The van der Waals surface area contributed by atoms with Crippen LogP contribution in [0.1, 0.15) is 36.1 Å². The Labute approximate surface area is 103 Å². The zero-order valence-electron chi connectivity index (χ0n) is 10.5. The lowest BCUT2D eigenvalue weighted by atomic mass is 10.2. The van der Waals surface area contributed by atoms with Crippen LogP contribution in [-0.4, -0.2) is 31.1 Å². The molecule has 0 aliphatic carbocycles. The summed E-state index contributed by atoms with van der Waals surface area (Å²) in [4.78, 5) is 5.37. The van der Waals surface area contributed by atoms with Crippen LogP contribution in [0.3, 0.4) is 0 Å². The van der Waals surface area contributed by atoms with Crippen LogP contribution in [0.15, 0.2) is 12.1 Å². The van der Waals surface area contributed by atoms with Gasteiger partial charge in [-0.2, -0.15) is 0 Å². The molecule has 90 valence electrons. The molecule has 2 unspecified atom stereocenters. The van der Waals surface area contributed by atoms with E-state index in [4.69, 9.17) is 0 Å². The van der Waals surface area contributed by atoms with Gasteiger partial charge in [0.1, 0.15) is 0 Å². The van der Waals surface area contributed by atoms with E-state index in [1.165, 1.54) is 29.3 Å². The summed E-state index contributed by atoms with van der Waals surface area (Å²) in [7, 11) is 2.20. The monoisotopic (exact) mass is 238 g/mol. The number of likely N-dealkylation sites (N-methyl/N-ethyl adjacent to an activating group) is 1. The van der Waals surface area contributed by atoms with E-state index in [1.807, 2.05) is 11.3 Å². The molecule has 1 aromatic heterocycles. The van der Waals surface area contributed by atoms with Gasteiger partial charge in [-0.05, 0) is 45.5 Å². The summed E-state index contributed by atoms with van der Waals surface area (Å²) < 4.78 is 0. The molecule has 1 aliphatic heterocycles. The first-order chi connectivity index (χ1) is 7.69. The molecule has 0 saturated carbocycles. The van der Waals surface area contributed by atoms with Gasteiger partial charge in [0.25, 0.3) is 0 Å². The molecule has 1 N–H and O–H groups in total. The maximum absolute atomic E-state index is 3.73. The lowest BCUT2D eigenvalue weighted by molar-refractivity contribution is 0.388. The predicted molar refractivity (Wildman–Crippen MR) is 71.1 cm³/mol. The van der Waals surface area contributed by atoms with Crippen molar-refractivity contribution in [2.24, 2.45) is 0 Å². The lowest BCUT2D eigenvalue weighted by Crippen LogP contribution is -2.33. The van der Waals surface area contributed by atoms with Gasteiger partial charge in [0.2, 0.25) is 0 Å². The molecular weight excluding hydrogens is 216 g/mol. The van der Waals surface area contributed by atoms with Gasteiger partial charge in [0, 0.05) is 28.4 Å². The normalized spacial score (nSPS) is 23.8. The van der Waals surface area contributed by atoms with Gasteiger partial charge >= 0.3 is 0 Å². The topological polar surface area (TPSA) is 15.3 Å². The van der Waals surface area contributed by atoms with E-state index in [2.05, 4.69) is 43.2 Å². The second-order valence-corrected chi connectivity index (χ2v) is 5.99. The minimum atomic E-state index is 0.502. The van der Waals surface area contributed by atoms with Crippen LogP contribution >= 0.6 is 11.3 Å². The zero-order valence-corrected chi connectivity index (χ0v) is 11.3. The quantitative estimate of drug-likeness (QED) is 0.867. The maximum Gasteiger partial charge on any atom is 0.0388 e. The Morgan fingerprint density at radius 2 is 2.38 bits per heavy atom. The van der Waals surface area contributed by atoms with Crippen molar-refractivity contribution in [3.63, 3.8) is 0 Å². The van der Waals surface area contributed by atoms with Crippen LogP contribution in [0.25, 0.3) is 0 Å². The van der Waals surface area contributed by atoms with Gasteiger partial charge < -0.3 is 10.2 Å². The highest BCUT2D eigenvalue weighted by atomic mass is 32.1. The van der Waals surface area contributed by atoms with Crippen molar-refractivity contribution >= 4 is 11.3 Å². The van der Waals surface area contributed by atoms with E-state index >= 15 is 0 Å². The number of likely N-dealkylation sites (tertiary alicyclic amines) is 1. The third kappa shape index (κ3) is 2.84. The van der Waals surface area contributed by atoms with Crippen LogP contribution in [0.2, 0.25) is 0 Å². The third-order valence-electron chi connectivity index (χ3n) is 3.33. The minimum Gasteiger partial charge on any atom is -0.305 e. The molecule has 0 spiro atoms. The first-order valence-corrected chi connectivity index (χ1v) is 7.04. The van der Waals surface area contributed by atoms with E-state index < -0.39 is 0 Å². The zero-order chi connectivity index (χ0) is 11.5. The molecule has 16 heavy (non-hydrogen) atoms. The Hall–Kier alpha value is -0.380. The fourth-order valence-corrected chi connectivity index (χ4v) is 3.29. The van der Waals surface area contributed by atoms with Crippen molar-refractivity contribution in [2.75, 3.05) is 20.1 Å². The lowest BCUT2D eigenvalue weighted by Gasteiger charge is -2.18. The Balaban J connectivity index is 1.89. The number of hydrogen-bond donors (Lipinski definition) is 1. The number of aryl methyl sites for hydroxylation is 1. The van der Waals surface area contributed by atoms with E-state index in [0.717, 1.165) is 6.42 Å².